The molecule has 6 nitrogen and oxygen atoms in total. The fraction of sp³-hybridized carbons (Fsp3) is 0.308. The molecule has 0 aliphatic carbocycles. The van der Waals surface area contributed by atoms with Crippen molar-refractivity contribution in [3.8, 4) is 22.4 Å². The van der Waals surface area contributed by atoms with Crippen LogP contribution in [0.25, 0.3) is 33.3 Å². The Labute approximate surface area is 203 Å². The average molecular weight is 479 g/mol. The summed E-state index contributed by atoms with van der Waals surface area (Å²) in [6.45, 7) is 6.46. The van der Waals surface area contributed by atoms with Crippen molar-refractivity contribution >= 4 is 28.3 Å². The molecule has 1 saturated heterocycles. The third-order valence-electron chi connectivity index (χ3n) is 6.40. The maximum absolute atomic E-state index is 14.6. The molecule has 0 unspecified atom stereocenters. The van der Waals surface area contributed by atoms with Gasteiger partial charge < -0.3 is 15.1 Å². The number of nitrogens with one attached hydrogen (secondary N) is 2. The molecule has 2 N–H and O–H groups in total. The number of piperazine rings is 1. The molecule has 1 aliphatic heterocycles. The lowest BCUT2D eigenvalue weighted by Gasteiger charge is -2.32. The van der Waals surface area contributed by atoms with Crippen LogP contribution in [0.5, 0.6) is 0 Å². The van der Waals surface area contributed by atoms with Crippen molar-refractivity contribution in [1.29, 1.82) is 0 Å². The third kappa shape index (κ3) is 4.92. The molecular weight excluding hydrogens is 451 g/mol. The summed E-state index contributed by atoms with van der Waals surface area (Å²) < 4.78 is 14.6. The number of likely N-dealkylation sites (N-methyl/N-ethyl adjacent to an activating group) is 1. The van der Waals surface area contributed by atoms with Crippen LogP contribution in [0.2, 0.25) is 5.02 Å². The molecule has 1 aliphatic rings. The van der Waals surface area contributed by atoms with Crippen LogP contribution < -0.4 is 5.32 Å². The molecule has 0 bridgehead atoms. The summed E-state index contributed by atoms with van der Waals surface area (Å²) in [5.41, 5.74) is 3.68. The normalized spacial score (nSPS) is 15.1. The third-order valence-corrected chi connectivity index (χ3v) is 6.64. The van der Waals surface area contributed by atoms with E-state index < -0.39 is 0 Å². The van der Waals surface area contributed by atoms with Gasteiger partial charge in [0.2, 0.25) is 0 Å². The van der Waals surface area contributed by atoms with Crippen LogP contribution in [0.1, 0.15) is 6.42 Å². The molecule has 0 radical (unpaired) electrons. The van der Waals surface area contributed by atoms with Crippen molar-refractivity contribution in [3.63, 3.8) is 0 Å². The first-order chi connectivity index (χ1) is 16.6. The summed E-state index contributed by atoms with van der Waals surface area (Å²) >= 11 is 6.15. The van der Waals surface area contributed by atoms with E-state index in [1.165, 1.54) is 6.07 Å². The minimum Gasteiger partial charge on any atom is -0.368 e. The van der Waals surface area contributed by atoms with E-state index in [-0.39, 0.29) is 5.82 Å². The first-order valence-corrected chi connectivity index (χ1v) is 12.0. The Kier molecular flexibility index (Phi) is 6.76. The zero-order valence-corrected chi connectivity index (χ0v) is 19.9. The van der Waals surface area contributed by atoms with E-state index in [2.05, 4.69) is 43.4 Å². The quantitative estimate of drug-likeness (QED) is 0.360. The van der Waals surface area contributed by atoms with Crippen molar-refractivity contribution in [3.05, 3.63) is 65.6 Å². The molecule has 0 spiro atoms. The number of H-pyrrole nitrogens is 1. The number of benzene rings is 2. The highest BCUT2D eigenvalue weighted by molar-refractivity contribution is 6.30. The Balaban J connectivity index is 1.35. The van der Waals surface area contributed by atoms with Crippen LogP contribution in [0, 0.1) is 5.82 Å². The Morgan fingerprint density at radius 3 is 2.76 bits per heavy atom. The second-order valence-electron chi connectivity index (χ2n) is 8.78. The molecule has 3 heterocycles. The van der Waals surface area contributed by atoms with Crippen LogP contribution >= 0.6 is 11.6 Å². The number of aromatic amines is 1. The van der Waals surface area contributed by atoms with Crippen molar-refractivity contribution < 1.29 is 4.39 Å². The van der Waals surface area contributed by atoms with Crippen LogP contribution in [0.4, 0.5) is 10.2 Å². The fourth-order valence-corrected chi connectivity index (χ4v) is 4.60. The Bertz CT molecular complexity index is 1280. The number of anilines is 1. The van der Waals surface area contributed by atoms with Gasteiger partial charge in [-0.15, -0.1) is 0 Å². The summed E-state index contributed by atoms with van der Waals surface area (Å²) in [4.78, 5) is 9.37. The lowest BCUT2D eigenvalue weighted by molar-refractivity contribution is 0.154. The molecule has 5 rings (SSSR count). The highest BCUT2D eigenvalue weighted by atomic mass is 35.5. The fourth-order valence-electron chi connectivity index (χ4n) is 4.43. The van der Waals surface area contributed by atoms with Gasteiger partial charge in [-0.2, -0.15) is 5.10 Å². The number of rotatable bonds is 7. The van der Waals surface area contributed by atoms with Gasteiger partial charge in [-0.3, -0.25) is 10.1 Å². The Hall–Kier alpha value is -3.00. The molecule has 4 aromatic rings. The summed E-state index contributed by atoms with van der Waals surface area (Å²) in [5.74, 6) is 0.478. The van der Waals surface area contributed by atoms with Gasteiger partial charge in [0, 0.05) is 60.5 Å². The van der Waals surface area contributed by atoms with E-state index in [0.29, 0.717) is 16.3 Å². The van der Waals surface area contributed by atoms with Crippen molar-refractivity contribution in [2.24, 2.45) is 0 Å². The molecule has 2 aromatic carbocycles. The van der Waals surface area contributed by atoms with Crippen LogP contribution in [-0.2, 0) is 0 Å². The number of hydrogen-bond donors (Lipinski definition) is 2. The number of nitrogens with zero attached hydrogens (tertiary/aromatic N) is 4. The number of aromatic nitrogens is 3. The molecular formula is C26H28ClFN6. The molecule has 0 atom stereocenters. The first kappa shape index (κ1) is 22.8. The van der Waals surface area contributed by atoms with Gasteiger partial charge in [0.05, 0.1) is 11.2 Å². The predicted octanol–water partition coefficient (Wildman–Crippen LogP) is 5.13. The number of fused-ring (bicyclic) bond motifs is 1. The second-order valence-corrected chi connectivity index (χ2v) is 9.22. The van der Waals surface area contributed by atoms with Gasteiger partial charge in [-0.1, -0.05) is 23.7 Å². The van der Waals surface area contributed by atoms with E-state index in [0.717, 1.165) is 73.5 Å². The topological polar surface area (TPSA) is 60.1 Å². The van der Waals surface area contributed by atoms with Crippen LogP contribution in [0.15, 0.2) is 54.7 Å². The molecule has 0 amide bonds. The van der Waals surface area contributed by atoms with Crippen LogP contribution in [0.3, 0.4) is 0 Å². The monoisotopic (exact) mass is 478 g/mol. The van der Waals surface area contributed by atoms with Crippen LogP contribution in [-0.4, -0.2) is 71.3 Å². The van der Waals surface area contributed by atoms with Gasteiger partial charge >= 0.3 is 0 Å². The average Bonchev–Trinajstić information content (AvgIpc) is 3.26. The van der Waals surface area contributed by atoms with Gasteiger partial charge in [-0.25, -0.2) is 4.39 Å². The SMILES string of the molecule is CN1CCN(CCCNc2n[nH]c3ccc(-c4cccnc4-c4cc(Cl)ccc4F)cc23)CC1. The number of hydrogen-bond acceptors (Lipinski definition) is 5. The zero-order valence-electron chi connectivity index (χ0n) is 19.2. The van der Waals surface area contributed by atoms with E-state index in [9.17, 15) is 4.39 Å². The first-order valence-electron chi connectivity index (χ1n) is 11.6. The van der Waals surface area contributed by atoms with Gasteiger partial charge in [0.1, 0.15) is 5.82 Å². The van der Waals surface area contributed by atoms with E-state index in [4.69, 9.17) is 11.6 Å². The summed E-state index contributed by atoms with van der Waals surface area (Å²) in [6, 6.07) is 14.4. The highest BCUT2D eigenvalue weighted by Gasteiger charge is 2.16. The standard InChI is InChI=1S/C26H28ClFN6/c1-33-12-14-34(15-13-33)11-3-10-30-26-22-16-18(5-8-24(22)31-32-26)20-4-2-9-29-25(20)21-17-19(27)6-7-23(21)28/h2,4-9,16-17H,3,10-15H2,1H3,(H2,30,31,32). The summed E-state index contributed by atoms with van der Waals surface area (Å²) in [6.07, 6.45) is 2.72. The molecule has 176 valence electrons. The highest BCUT2D eigenvalue weighted by Crippen LogP contribution is 2.35. The Morgan fingerprint density at radius 1 is 1.06 bits per heavy atom. The zero-order chi connectivity index (χ0) is 23.5. The Morgan fingerprint density at radius 2 is 1.91 bits per heavy atom. The number of halogens is 2. The molecule has 0 saturated carbocycles. The smallest absolute Gasteiger partial charge is 0.155 e. The summed E-state index contributed by atoms with van der Waals surface area (Å²) in [5, 5.41) is 12.5. The summed E-state index contributed by atoms with van der Waals surface area (Å²) in [7, 11) is 2.18. The second kappa shape index (κ2) is 10.1. The minimum absolute atomic E-state index is 0.351. The molecule has 1 fully saturated rings. The van der Waals surface area contributed by atoms with Crippen molar-refractivity contribution in [1.82, 2.24) is 25.0 Å². The van der Waals surface area contributed by atoms with Crippen molar-refractivity contribution in [2.45, 2.75) is 6.42 Å². The van der Waals surface area contributed by atoms with E-state index >= 15 is 0 Å². The molecule has 8 heteroatoms. The largest absolute Gasteiger partial charge is 0.368 e. The minimum atomic E-state index is -0.351. The maximum atomic E-state index is 14.6. The number of pyridine rings is 1. The lowest BCUT2D eigenvalue weighted by Crippen LogP contribution is -2.44. The van der Waals surface area contributed by atoms with E-state index in [1.807, 2.05) is 24.3 Å². The predicted molar refractivity (Wildman–Crippen MR) is 137 cm³/mol. The van der Waals surface area contributed by atoms with Gasteiger partial charge in [-0.05, 0) is 62.0 Å². The maximum Gasteiger partial charge on any atom is 0.155 e. The van der Waals surface area contributed by atoms with E-state index in [1.54, 1.807) is 18.3 Å². The van der Waals surface area contributed by atoms with Gasteiger partial charge in [0.25, 0.3) is 0 Å². The molecule has 2 aromatic heterocycles. The van der Waals surface area contributed by atoms with Crippen molar-refractivity contribution in [2.75, 3.05) is 51.6 Å². The molecule has 34 heavy (non-hydrogen) atoms. The lowest BCUT2D eigenvalue weighted by atomic mass is 9.98. The van der Waals surface area contributed by atoms with Gasteiger partial charge in [0.15, 0.2) is 5.82 Å².